The number of aromatic nitrogens is 3. The summed E-state index contributed by atoms with van der Waals surface area (Å²) in [6, 6.07) is 15.7. The van der Waals surface area contributed by atoms with Crippen molar-refractivity contribution < 1.29 is 9.84 Å². The van der Waals surface area contributed by atoms with Crippen LogP contribution in [0.2, 0.25) is 0 Å². The summed E-state index contributed by atoms with van der Waals surface area (Å²) in [5.41, 5.74) is 3.03. The first-order valence-electron chi connectivity index (χ1n) is 7.78. The standard InChI is InChI=1S/C18H20N4O2.ClH/c1-24-16-7-5-14(6-8-16)17-20-18(22-21-17)15-4-2-3-13(11-15)12-19-9-10-23;/h2-8,11,19,23H,9-10,12H2,1H3,(H,20,21,22);1H. The van der Waals surface area contributed by atoms with E-state index in [1.54, 1.807) is 7.11 Å². The van der Waals surface area contributed by atoms with Gasteiger partial charge in [-0.25, -0.2) is 4.98 Å². The van der Waals surface area contributed by atoms with Gasteiger partial charge < -0.3 is 15.2 Å². The molecule has 0 saturated carbocycles. The quantitative estimate of drug-likeness (QED) is 0.564. The van der Waals surface area contributed by atoms with Crippen LogP contribution in [0.3, 0.4) is 0 Å². The van der Waals surface area contributed by atoms with Crippen LogP contribution in [-0.2, 0) is 6.54 Å². The van der Waals surface area contributed by atoms with E-state index < -0.39 is 0 Å². The van der Waals surface area contributed by atoms with Gasteiger partial charge in [0.1, 0.15) is 5.75 Å². The van der Waals surface area contributed by atoms with Gasteiger partial charge in [0.05, 0.1) is 13.7 Å². The molecule has 2 aromatic carbocycles. The number of hydrogen-bond acceptors (Lipinski definition) is 5. The number of aliphatic hydroxyl groups excluding tert-OH is 1. The predicted octanol–water partition coefficient (Wildman–Crippen LogP) is 2.65. The molecule has 3 aromatic rings. The Labute approximate surface area is 152 Å². The first-order valence-corrected chi connectivity index (χ1v) is 7.78. The van der Waals surface area contributed by atoms with E-state index in [4.69, 9.17) is 9.84 Å². The molecule has 0 bridgehead atoms. The molecule has 3 rings (SSSR count). The van der Waals surface area contributed by atoms with Crippen LogP contribution in [0.15, 0.2) is 48.5 Å². The van der Waals surface area contributed by atoms with Crippen molar-refractivity contribution in [1.82, 2.24) is 20.5 Å². The molecule has 6 nitrogen and oxygen atoms in total. The minimum atomic E-state index is 0. The molecule has 3 N–H and O–H groups in total. The van der Waals surface area contributed by atoms with Gasteiger partial charge in [-0.2, -0.15) is 5.10 Å². The van der Waals surface area contributed by atoms with Gasteiger partial charge in [-0.05, 0) is 35.9 Å². The molecule has 0 radical (unpaired) electrons. The van der Waals surface area contributed by atoms with Crippen molar-refractivity contribution in [2.45, 2.75) is 6.54 Å². The summed E-state index contributed by atoms with van der Waals surface area (Å²) in [4.78, 5) is 4.58. The van der Waals surface area contributed by atoms with Gasteiger partial charge in [0.15, 0.2) is 11.6 Å². The third-order valence-electron chi connectivity index (χ3n) is 3.65. The fourth-order valence-corrected chi connectivity index (χ4v) is 2.40. The molecule has 0 fully saturated rings. The molecule has 1 aromatic heterocycles. The highest BCUT2D eigenvalue weighted by Crippen LogP contribution is 2.22. The Hall–Kier alpha value is -2.41. The lowest BCUT2D eigenvalue weighted by atomic mass is 10.1. The average molecular weight is 361 g/mol. The number of halogens is 1. The molecule has 0 aliphatic rings. The monoisotopic (exact) mass is 360 g/mol. The smallest absolute Gasteiger partial charge is 0.181 e. The Bertz CT molecular complexity index is 790. The molecule has 0 aliphatic heterocycles. The highest BCUT2D eigenvalue weighted by atomic mass is 35.5. The molecule has 0 atom stereocenters. The van der Waals surface area contributed by atoms with Crippen LogP contribution in [0.25, 0.3) is 22.8 Å². The van der Waals surface area contributed by atoms with Crippen LogP contribution < -0.4 is 10.1 Å². The number of aliphatic hydroxyl groups is 1. The van der Waals surface area contributed by atoms with E-state index in [1.807, 2.05) is 48.5 Å². The van der Waals surface area contributed by atoms with Gasteiger partial charge in [-0.3, -0.25) is 5.10 Å². The van der Waals surface area contributed by atoms with E-state index in [1.165, 1.54) is 0 Å². The van der Waals surface area contributed by atoms with Crippen molar-refractivity contribution in [3.05, 3.63) is 54.1 Å². The summed E-state index contributed by atoms with van der Waals surface area (Å²) in [5.74, 6) is 2.18. The second-order valence-electron chi connectivity index (χ2n) is 5.34. The number of methoxy groups -OCH3 is 1. The van der Waals surface area contributed by atoms with Crippen LogP contribution in [0.5, 0.6) is 5.75 Å². The Morgan fingerprint density at radius 3 is 2.64 bits per heavy atom. The second kappa shape index (κ2) is 9.17. The van der Waals surface area contributed by atoms with E-state index in [9.17, 15) is 0 Å². The number of nitrogens with zero attached hydrogens (tertiary/aromatic N) is 2. The molecule has 1 heterocycles. The number of nitrogens with one attached hydrogen (secondary N) is 2. The van der Waals surface area contributed by atoms with E-state index in [2.05, 4.69) is 20.5 Å². The van der Waals surface area contributed by atoms with Crippen LogP contribution in [0.4, 0.5) is 0 Å². The number of benzene rings is 2. The van der Waals surface area contributed by atoms with E-state index in [0.29, 0.717) is 18.9 Å². The minimum absolute atomic E-state index is 0. The Morgan fingerprint density at radius 2 is 1.92 bits per heavy atom. The maximum atomic E-state index is 8.83. The molecule has 0 saturated heterocycles. The summed E-state index contributed by atoms with van der Waals surface area (Å²) < 4.78 is 5.17. The number of H-pyrrole nitrogens is 1. The lowest BCUT2D eigenvalue weighted by Gasteiger charge is -2.04. The highest BCUT2D eigenvalue weighted by Gasteiger charge is 2.08. The fraction of sp³-hybridized carbons (Fsp3) is 0.222. The molecule has 0 spiro atoms. The SMILES string of the molecule is COc1ccc(-c2nc(-c3cccc(CNCCO)c3)n[nH]2)cc1.Cl. The van der Waals surface area contributed by atoms with Gasteiger partial charge in [-0.1, -0.05) is 18.2 Å². The van der Waals surface area contributed by atoms with Gasteiger partial charge in [0, 0.05) is 24.2 Å². The molecular formula is C18H21ClN4O2. The van der Waals surface area contributed by atoms with Crippen LogP contribution in [-0.4, -0.2) is 40.5 Å². The third kappa shape index (κ3) is 4.79. The van der Waals surface area contributed by atoms with Crippen molar-refractivity contribution in [3.63, 3.8) is 0 Å². The zero-order chi connectivity index (χ0) is 16.8. The summed E-state index contributed by atoms with van der Waals surface area (Å²) in [6.07, 6.45) is 0. The fourth-order valence-electron chi connectivity index (χ4n) is 2.40. The van der Waals surface area contributed by atoms with E-state index in [-0.39, 0.29) is 19.0 Å². The van der Waals surface area contributed by atoms with Crippen molar-refractivity contribution in [2.24, 2.45) is 0 Å². The first kappa shape index (κ1) is 18.9. The van der Waals surface area contributed by atoms with Crippen molar-refractivity contribution >= 4 is 12.4 Å². The lowest BCUT2D eigenvalue weighted by molar-refractivity contribution is 0.292. The predicted molar refractivity (Wildman–Crippen MR) is 99.8 cm³/mol. The van der Waals surface area contributed by atoms with Crippen molar-refractivity contribution in [1.29, 1.82) is 0 Å². The number of aromatic amines is 1. The molecule has 7 heteroatoms. The van der Waals surface area contributed by atoms with Gasteiger partial charge in [0.2, 0.25) is 0 Å². The van der Waals surface area contributed by atoms with Gasteiger partial charge in [0.25, 0.3) is 0 Å². The Kier molecular flexibility index (Phi) is 6.94. The summed E-state index contributed by atoms with van der Waals surface area (Å²) >= 11 is 0. The largest absolute Gasteiger partial charge is 0.497 e. The van der Waals surface area contributed by atoms with Crippen molar-refractivity contribution in [2.75, 3.05) is 20.3 Å². The summed E-state index contributed by atoms with van der Waals surface area (Å²) in [7, 11) is 1.64. The zero-order valence-corrected chi connectivity index (χ0v) is 14.7. The number of ether oxygens (including phenoxy) is 1. The van der Waals surface area contributed by atoms with Gasteiger partial charge in [-0.15, -0.1) is 12.4 Å². The molecule has 132 valence electrons. The molecule has 25 heavy (non-hydrogen) atoms. The van der Waals surface area contributed by atoms with E-state index in [0.717, 1.165) is 28.3 Å². The van der Waals surface area contributed by atoms with Crippen LogP contribution in [0.1, 0.15) is 5.56 Å². The maximum Gasteiger partial charge on any atom is 0.181 e. The molecule has 0 amide bonds. The third-order valence-corrected chi connectivity index (χ3v) is 3.65. The summed E-state index contributed by atoms with van der Waals surface area (Å²) in [6.45, 7) is 1.41. The minimum Gasteiger partial charge on any atom is -0.497 e. The first-order chi connectivity index (χ1) is 11.8. The highest BCUT2D eigenvalue weighted by molar-refractivity contribution is 5.85. The second-order valence-corrected chi connectivity index (χ2v) is 5.34. The Morgan fingerprint density at radius 1 is 1.12 bits per heavy atom. The number of hydrogen-bond donors (Lipinski definition) is 3. The average Bonchev–Trinajstić information content (AvgIpc) is 3.12. The topological polar surface area (TPSA) is 83.1 Å². The van der Waals surface area contributed by atoms with Crippen molar-refractivity contribution in [3.8, 4) is 28.5 Å². The lowest BCUT2D eigenvalue weighted by Crippen LogP contribution is -2.17. The summed E-state index contributed by atoms with van der Waals surface area (Å²) in [5, 5.41) is 19.3. The normalized spacial score (nSPS) is 10.3. The molecule has 0 unspecified atom stereocenters. The van der Waals surface area contributed by atoms with Crippen LogP contribution >= 0.6 is 12.4 Å². The zero-order valence-electron chi connectivity index (χ0n) is 13.9. The molecule has 0 aliphatic carbocycles. The van der Waals surface area contributed by atoms with Crippen LogP contribution in [0, 0.1) is 0 Å². The molecular weight excluding hydrogens is 340 g/mol. The maximum absolute atomic E-state index is 8.83. The Balaban J connectivity index is 0.00000225. The van der Waals surface area contributed by atoms with Gasteiger partial charge >= 0.3 is 0 Å². The number of rotatable bonds is 7. The van der Waals surface area contributed by atoms with E-state index >= 15 is 0 Å².